The number of benzene rings is 2. The number of hydrogen-bond acceptors (Lipinski definition) is 6. The van der Waals surface area contributed by atoms with Crippen LogP contribution in [0.1, 0.15) is 42.7 Å². The summed E-state index contributed by atoms with van der Waals surface area (Å²) in [5.74, 6) is -2.30. The molecule has 1 atom stereocenters. The van der Waals surface area contributed by atoms with E-state index in [4.69, 9.17) is 4.74 Å². The van der Waals surface area contributed by atoms with E-state index in [0.717, 1.165) is 22.3 Å². The van der Waals surface area contributed by atoms with Crippen LogP contribution in [0.4, 0.5) is 4.79 Å². The summed E-state index contributed by atoms with van der Waals surface area (Å²) in [6, 6.07) is 14.9. The minimum atomic E-state index is -1.23. The lowest BCUT2D eigenvalue weighted by atomic mass is 9.98. The molecule has 0 aromatic heterocycles. The van der Waals surface area contributed by atoms with Crippen molar-refractivity contribution in [1.82, 2.24) is 10.6 Å². The van der Waals surface area contributed by atoms with Gasteiger partial charge in [-0.2, -0.15) is 0 Å². The average Bonchev–Trinajstić information content (AvgIpc) is 3.16. The topological polar surface area (TPSA) is 131 Å². The van der Waals surface area contributed by atoms with Crippen molar-refractivity contribution in [3.05, 3.63) is 59.7 Å². The fraction of sp³-hybridized carbons (Fsp3) is 0.360. The van der Waals surface area contributed by atoms with Crippen molar-refractivity contribution in [3.63, 3.8) is 0 Å². The number of hydrogen-bond donors (Lipinski definition) is 3. The van der Waals surface area contributed by atoms with Crippen molar-refractivity contribution in [3.8, 4) is 11.1 Å². The Morgan fingerprint density at radius 1 is 0.971 bits per heavy atom. The third-order valence-electron chi connectivity index (χ3n) is 5.69. The predicted octanol–water partition coefficient (Wildman–Crippen LogP) is 2.83. The number of carboxylic acids is 1. The lowest BCUT2D eigenvalue weighted by Crippen LogP contribution is -2.41. The Morgan fingerprint density at radius 3 is 2.18 bits per heavy atom. The maximum absolute atomic E-state index is 12.2. The number of methoxy groups -OCH3 is 1. The lowest BCUT2D eigenvalue weighted by molar-refractivity contribution is -0.144. The summed E-state index contributed by atoms with van der Waals surface area (Å²) in [7, 11) is 1.21. The van der Waals surface area contributed by atoms with E-state index in [9.17, 15) is 24.3 Å². The molecule has 180 valence electrons. The summed E-state index contributed by atoms with van der Waals surface area (Å²) in [6.45, 7) is 0.394. The number of carboxylic acid groups (broad SMARTS) is 1. The molecule has 0 spiro atoms. The predicted molar refractivity (Wildman–Crippen MR) is 123 cm³/mol. The molecule has 0 heterocycles. The third-order valence-corrected chi connectivity index (χ3v) is 5.69. The van der Waals surface area contributed by atoms with Gasteiger partial charge in [0, 0.05) is 25.3 Å². The van der Waals surface area contributed by atoms with Gasteiger partial charge in [0.2, 0.25) is 5.91 Å². The van der Waals surface area contributed by atoms with Gasteiger partial charge in [-0.25, -0.2) is 9.59 Å². The maximum atomic E-state index is 12.2. The standard InChI is InChI=1S/C25H28N2O7/c1-33-23(29)13-12-21(24(30)31)27-22(28)11-6-14-26-25(32)34-15-20-18-9-4-2-7-16(18)17-8-3-5-10-19(17)20/h2-5,7-10,20-21H,6,11-15H2,1H3,(H,26,32)(H,27,28)(H,30,31)/t21-/m0/s1. The highest BCUT2D eigenvalue weighted by Crippen LogP contribution is 2.44. The van der Waals surface area contributed by atoms with Crippen LogP contribution in [0.5, 0.6) is 0 Å². The van der Waals surface area contributed by atoms with Crippen molar-refractivity contribution in [1.29, 1.82) is 0 Å². The molecule has 9 nitrogen and oxygen atoms in total. The number of fused-ring (bicyclic) bond motifs is 3. The molecule has 2 amide bonds. The molecule has 1 aliphatic rings. The first kappa shape index (κ1) is 24.8. The Labute approximate surface area is 197 Å². The molecule has 34 heavy (non-hydrogen) atoms. The summed E-state index contributed by atoms with van der Waals surface area (Å²) in [4.78, 5) is 46.6. The van der Waals surface area contributed by atoms with Crippen LogP contribution in [0, 0.1) is 0 Å². The number of esters is 1. The number of aliphatic carboxylic acids is 1. The van der Waals surface area contributed by atoms with E-state index in [1.165, 1.54) is 7.11 Å². The first-order chi connectivity index (χ1) is 16.4. The minimum absolute atomic E-state index is 0.0195. The molecule has 3 N–H and O–H groups in total. The van der Waals surface area contributed by atoms with E-state index in [0.29, 0.717) is 6.42 Å². The Bertz CT molecular complexity index is 1010. The van der Waals surface area contributed by atoms with Gasteiger partial charge in [0.15, 0.2) is 0 Å². The molecule has 0 radical (unpaired) electrons. The van der Waals surface area contributed by atoms with Gasteiger partial charge in [0.25, 0.3) is 0 Å². The summed E-state index contributed by atoms with van der Waals surface area (Å²) < 4.78 is 9.91. The SMILES string of the molecule is COC(=O)CC[C@H](NC(=O)CCCNC(=O)OCC1c2ccccc2-c2ccccc21)C(=O)O. The highest BCUT2D eigenvalue weighted by atomic mass is 16.5. The van der Waals surface area contributed by atoms with E-state index in [2.05, 4.69) is 27.5 Å². The van der Waals surface area contributed by atoms with E-state index >= 15 is 0 Å². The fourth-order valence-corrected chi connectivity index (χ4v) is 3.98. The summed E-state index contributed by atoms with van der Waals surface area (Å²) in [5.41, 5.74) is 4.52. The molecule has 0 saturated heterocycles. The number of carbonyl (C=O) groups excluding carboxylic acids is 3. The van der Waals surface area contributed by atoms with E-state index in [1.807, 2.05) is 36.4 Å². The second kappa shape index (κ2) is 11.8. The van der Waals surface area contributed by atoms with Crippen LogP contribution < -0.4 is 10.6 Å². The van der Waals surface area contributed by atoms with Crippen LogP contribution in [0.2, 0.25) is 0 Å². The van der Waals surface area contributed by atoms with E-state index < -0.39 is 30.0 Å². The molecule has 2 aromatic rings. The fourth-order valence-electron chi connectivity index (χ4n) is 3.98. The maximum Gasteiger partial charge on any atom is 0.407 e. The van der Waals surface area contributed by atoms with Gasteiger partial charge >= 0.3 is 18.0 Å². The van der Waals surface area contributed by atoms with E-state index in [1.54, 1.807) is 0 Å². The van der Waals surface area contributed by atoms with Gasteiger partial charge in [-0.05, 0) is 35.1 Å². The molecule has 0 fully saturated rings. The molecule has 0 aliphatic heterocycles. The Balaban J connectivity index is 1.39. The van der Waals surface area contributed by atoms with Crippen molar-refractivity contribution in [2.24, 2.45) is 0 Å². The molecule has 2 aromatic carbocycles. The Kier molecular flexibility index (Phi) is 8.61. The smallest absolute Gasteiger partial charge is 0.407 e. The number of amides is 2. The monoisotopic (exact) mass is 468 g/mol. The van der Waals surface area contributed by atoms with Crippen LogP contribution in [0.25, 0.3) is 11.1 Å². The molecule has 0 unspecified atom stereocenters. The second-order valence-corrected chi connectivity index (χ2v) is 7.93. The average molecular weight is 469 g/mol. The van der Waals surface area contributed by atoms with Crippen LogP contribution >= 0.6 is 0 Å². The Hall–Kier alpha value is -3.88. The van der Waals surface area contributed by atoms with E-state index in [-0.39, 0.29) is 38.3 Å². The normalized spacial score (nSPS) is 12.7. The summed E-state index contributed by atoms with van der Waals surface area (Å²) in [6.07, 6.45) is -0.433. The van der Waals surface area contributed by atoms with Crippen molar-refractivity contribution >= 4 is 23.9 Å². The van der Waals surface area contributed by atoms with Gasteiger partial charge in [-0.1, -0.05) is 48.5 Å². The molecule has 9 heteroatoms. The van der Waals surface area contributed by atoms with Crippen molar-refractivity contribution in [2.75, 3.05) is 20.3 Å². The second-order valence-electron chi connectivity index (χ2n) is 7.93. The minimum Gasteiger partial charge on any atom is -0.480 e. The number of nitrogens with one attached hydrogen (secondary N) is 2. The summed E-state index contributed by atoms with van der Waals surface area (Å²) in [5, 5.41) is 14.2. The highest BCUT2D eigenvalue weighted by Gasteiger charge is 2.29. The lowest BCUT2D eigenvalue weighted by Gasteiger charge is -2.15. The number of rotatable bonds is 11. The first-order valence-electron chi connectivity index (χ1n) is 11.1. The zero-order chi connectivity index (χ0) is 24.5. The van der Waals surface area contributed by atoms with Crippen molar-refractivity contribution in [2.45, 2.75) is 37.6 Å². The first-order valence-corrected chi connectivity index (χ1v) is 11.1. The number of ether oxygens (including phenoxy) is 2. The summed E-state index contributed by atoms with van der Waals surface area (Å²) >= 11 is 0. The van der Waals surface area contributed by atoms with Crippen molar-refractivity contribution < 1.29 is 33.8 Å². The van der Waals surface area contributed by atoms with Gasteiger partial charge < -0.3 is 25.2 Å². The molecule has 3 rings (SSSR count). The largest absolute Gasteiger partial charge is 0.480 e. The zero-order valence-corrected chi connectivity index (χ0v) is 18.9. The molecule has 0 saturated carbocycles. The Morgan fingerprint density at radius 2 is 1.59 bits per heavy atom. The van der Waals surface area contributed by atoms with Crippen LogP contribution in [-0.2, 0) is 23.9 Å². The van der Waals surface area contributed by atoms with Crippen LogP contribution in [0.15, 0.2) is 48.5 Å². The van der Waals surface area contributed by atoms with Gasteiger partial charge in [0.1, 0.15) is 12.6 Å². The zero-order valence-electron chi connectivity index (χ0n) is 18.9. The molecular formula is C25H28N2O7. The van der Waals surface area contributed by atoms with Crippen LogP contribution in [0.3, 0.4) is 0 Å². The molecule has 0 bridgehead atoms. The molecule has 1 aliphatic carbocycles. The number of alkyl carbamates (subject to hydrolysis) is 1. The van der Waals surface area contributed by atoms with Gasteiger partial charge in [-0.15, -0.1) is 0 Å². The van der Waals surface area contributed by atoms with Crippen LogP contribution in [-0.4, -0.2) is 55.3 Å². The highest BCUT2D eigenvalue weighted by molar-refractivity contribution is 5.84. The van der Waals surface area contributed by atoms with Gasteiger partial charge in [-0.3, -0.25) is 9.59 Å². The number of carbonyl (C=O) groups is 4. The van der Waals surface area contributed by atoms with Gasteiger partial charge in [0.05, 0.1) is 7.11 Å². The third kappa shape index (κ3) is 6.34. The quantitative estimate of drug-likeness (QED) is 0.341. The molecular weight excluding hydrogens is 440 g/mol.